The van der Waals surface area contributed by atoms with Crippen LogP contribution in [0.3, 0.4) is 0 Å². The van der Waals surface area contributed by atoms with Gasteiger partial charge in [0, 0.05) is 0 Å². The van der Waals surface area contributed by atoms with Crippen LogP contribution in [0.15, 0.2) is 60.7 Å². The Hall–Kier alpha value is -1.12. The van der Waals surface area contributed by atoms with E-state index in [2.05, 4.69) is 0 Å². The third kappa shape index (κ3) is 2.00. The standard InChI is InChI=1S/C18H20O2Se/c1-13-17(19,15-9-5-3-6-10-15)18(20,14(2)21-13)16-11-7-4-8-12-16/h3-14,19-20H,1-2H3/t13?,14?,17-,18+. The first kappa shape index (κ1) is 14.8. The molecule has 110 valence electrons. The molecular formula is C18H20O2Se. The Bertz CT molecular complexity index is 560. The van der Waals surface area contributed by atoms with E-state index in [0.717, 1.165) is 11.1 Å². The van der Waals surface area contributed by atoms with E-state index in [4.69, 9.17) is 0 Å². The first-order valence-electron chi connectivity index (χ1n) is 7.22. The quantitative estimate of drug-likeness (QED) is 0.820. The van der Waals surface area contributed by atoms with Gasteiger partial charge in [-0.2, -0.15) is 0 Å². The Morgan fingerprint density at radius 1 is 0.714 bits per heavy atom. The second-order valence-electron chi connectivity index (χ2n) is 5.69. The van der Waals surface area contributed by atoms with Gasteiger partial charge in [-0.1, -0.05) is 0 Å². The predicted octanol–water partition coefficient (Wildman–Crippen LogP) is 3.10. The number of hydrogen-bond donors (Lipinski definition) is 2. The van der Waals surface area contributed by atoms with E-state index in [1.165, 1.54) is 0 Å². The van der Waals surface area contributed by atoms with Crippen molar-refractivity contribution in [1.29, 1.82) is 0 Å². The number of hydrogen-bond acceptors (Lipinski definition) is 2. The summed E-state index contributed by atoms with van der Waals surface area (Å²) < 4.78 is 0. The summed E-state index contributed by atoms with van der Waals surface area (Å²) in [6, 6.07) is 19.2. The molecule has 1 aliphatic heterocycles. The van der Waals surface area contributed by atoms with Crippen LogP contribution in [0.4, 0.5) is 0 Å². The van der Waals surface area contributed by atoms with E-state index < -0.39 is 11.2 Å². The molecule has 2 aromatic carbocycles. The fraction of sp³-hybridized carbons (Fsp3) is 0.333. The second kappa shape index (κ2) is 5.26. The van der Waals surface area contributed by atoms with Gasteiger partial charge in [-0.05, 0) is 0 Å². The molecule has 0 spiro atoms. The Morgan fingerprint density at radius 2 is 1.05 bits per heavy atom. The molecule has 2 unspecified atom stereocenters. The van der Waals surface area contributed by atoms with Crippen LogP contribution >= 0.6 is 0 Å². The van der Waals surface area contributed by atoms with Gasteiger partial charge in [0.05, 0.1) is 0 Å². The molecule has 1 heterocycles. The van der Waals surface area contributed by atoms with Crippen LogP contribution in [0.5, 0.6) is 0 Å². The van der Waals surface area contributed by atoms with E-state index in [-0.39, 0.29) is 24.6 Å². The maximum atomic E-state index is 11.5. The van der Waals surface area contributed by atoms with Gasteiger partial charge >= 0.3 is 132 Å². The molecule has 1 fully saturated rings. The molecule has 0 bridgehead atoms. The minimum atomic E-state index is -1.24. The predicted molar refractivity (Wildman–Crippen MR) is 85.3 cm³/mol. The summed E-state index contributed by atoms with van der Waals surface area (Å²) in [7, 11) is 0. The third-order valence-corrected chi connectivity index (χ3v) is 7.74. The van der Waals surface area contributed by atoms with Crippen molar-refractivity contribution in [3.63, 3.8) is 0 Å². The summed E-state index contributed by atoms with van der Waals surface area (Å²) in [5.41, 5.74) is -0.880. The van der Waals surface area contributed by atoms with Crippen molar-refractivity contribution in [3.8, 4) is 0 Å². The summed E-state index contributed by atoms with van der Waals surface area (Å²) >= 11 is 0.162. The summed E-state index contributed by atoms with van der Waals surface area (Å²) in [6.45, 7) is 4.09. The second-order valence-corrected chi connectivity index (χ2v) is 9.22. The fourth-order valence-electron chi connectivity index (χ4n) is 3.42. The molecule has 0 aliphatic carbocycles. The fourth-order valence-corrected chi connectivity index (χ4v) is 6.85. The van der Waals surface area contributed by atoms with Crippen LogP contribution in [-0.4, -0.2) is 25.2 Å². The molecule has 0 aromatic heterocycles. The molecule has 21 heavy (non-hydrogen) atoms. The maximum absolute atomic E-state index is 11.5. The molecule has 4 atom stereocenters. The van der Waals surface area contributed by atoms with Crippen molar-refractivity contribution in [3.05, 3.63) is 71.8 Å². The summed E-state index contributed by atoms with van der Waals surface area (Å²) in [4.78, 5) is 0.0974. The molecular weight excluding hydrogens is 327 g/mol. The molecule has 3 heteroatoms. The normalized spacial score (nSPS) is 35.8. The Labute approximate surface area is 132 Å². The average molecular weight is 347 g/mol. The summed E-state index contributed by atoms with van der Waals surface area (Å²) in [6.07, 6.45) is 0. The van der Waals surface area contributed by atoms with Crippen LogP contribution in [0.2, 0.25) is 9.63 Å². The average Bonchev–Trinajstić information content (AvgIpc) is 2.71. The Kier molecular flexibility index (Phi) is 3.71. The van der Waals surface area contributed by atoms with Gasteiger partial charge in [-0.25, -0.2) is 0 Å². The third-order valence-electron chi connectivity index (χ3n) is 4.59. The van der Waals surface area contributed by atoms with Gasteiger partial charge < -0.3 is 0 Å². The first-order valence-corrected chi connectivity index (χ1v) is 9.20. The van der Waals surface area contributed by atoms with Crippen molar-refractivity contribution >= 4 is 15.0 Å². The van der Waals surface area contributed by atoms with Crippen molar-refractivity contribution in [2.24, 2.45) is 0 Å². The van der Waals surface area contributed by atoms with Crippen molar-refractivity contribution < 1.29 is 10.2 Å². The van der Waals surface area contributed by atoms with E-state index >= 15 is 0 Å². The van der Waals surface area contributed by atoms with Gasteiger partial charge in [0.1, 0.15) is 0 Å². The summed E-state index contributed by atoms with van der Waals surface area (Å²) in [5, 5.41) is 23.1. The van der Waals surface area contributed by atoms with Crippen LogP contribution in [-0.2, 0) is 11.2 Å². The van der Waals surface area contributed by atoms with Crippen LogP contribution in [0.25, 0.3) is 0 Å². The monoisotopic (exact) mass is 348 g/mol. The van der Waals surface area contributed by atoms with Crippen molar-refractivity contribution in [2.75, 3.05) is 0 Å². The van der Waals surface area contributed by atoms with Crippen LogP contribution < -0.4 is 0 Å². The zero-order valence-corrected chi connectivity index (χ0v) is 13.9. The molecule has 2 nitrogen and oxygen atoms in total. The number of rotatable bonds is 2. The molecule has 3 rings (SSSR count). The van der Waals surface area contributed by atoms with Gasteiger partial charge in [-0.3, -0.25) is 0 Å². The van der Waals surface area contributed by atoms with Gasteiger partial charge in [-0.15, -0.1) is 0 Å². The molecule has 0 radical (unpaired) electrons. The number of aliphatic hydroxyl groups is 2. The zero-order valence-electron chi connectivity index (χ0n) is 12.2. The Balaban J connectivity index is 2.21. The molecule has 2 aromatic rings. The van der Waals surface area contributed by atoms with Crippen molar-refractivity contribution in [1.82, 2.24) is 0 Å². The van der Waals surface area contributed by atoms with Gasteiger partial charge in [0.2, 0.25) is 0 Å². The molecule has 2 N–H and O–H groups in total. The Morgan fingerprint density at radius 3 is 1.38 bits per heavy atom. The van der Waals surface area contributed by atoms with Crippen molar-refractivity contribution in [2.45, 2.75) is 34.7 Å². The van der Waals surface area contributed by atoms with Gasteiger partial charge in [0.15, 0.2) is 0 Å². The zero-order chi connectivity index (χ0) is 15.1. The number of benzene rings is 2. The van der Waals surface area contributed by atoms with Crippen LogP contribution in [0, 0.1) is 0 Å². The molecule has 1 aliphatic rings. The van der Waals surface area contributed by atoms with E-state index in [1.807, 2.05) is 74.5 Å². The van der Waals surface area contributed by atoms with E-state index in [1.54, 1.807) is 0 Å². The first-order chi connectivity index (χ1) is 10.0. The SMILES string of the molecule is CC1[Se]C(C)[C@@](O)(c2ccccc2)[C@@]1(O)c1ccccc1. The minimum absolute atomic E-state index is 0.0487. The van der Waals surface area contributed by atoms with Gasteiger partial charge in [0.25, 0.3) is 0 Å². The van der Waals surface area contributed by atoms with E-state index in [9.17, 15) is 10.2 Å². The molecule has 1 saturated heterocycles. The molecule has 0 saturated carbocycles. The summed E-state index contributed by atoms with van der Waals surface area (Å²) in [5.74, 6) is 0. The molecule has 0 amide bonds. The van der Waals surface area contributed by atoms with Crippen LogP contribution in [0.1, 0.15) is 25.0 Å². The van der Waals surface area contributed by atoms with E-state index in [0.29, 0.717) is 0 Å². The topological polar surface area (TPSA) is 40.5 Å².